The van der Waals surface area contributed by atoms with Gasteiger partial charge in [0.1, 0.15) is 0 Å². The molecular weight excluding hydrogens is 380 g/mol. The maximum absolute atomic E-state index is 14.1. The van der Waals surface area contributed by atoms with E-state index in [0.717, 1.165) is 11.3 Å². The van der Waals surface area contributed by atoms with E-state index in [-0.39, 0.29) is 11.8 Å². The molecule has 0 aromatic heterocycles. The summed E-state index contributed by atoms with van der Waals surface area (Å²) in [6, 6.07) is 28.2. The van der Waals surface area contributed by atoms with Gasteiger partial charge in [-0.15, -0.1) is 0 Å². The van der Waals surface area contributed by atoms with Crippen molar-refractivity contribution in [1.29, 1.82) is 0 Å². The van der Waals surface area contributed by atoms with E-state index in [9.17, 15) is 4.79 Å². The van der Waals surface area contributed by atoms with Crippen molar-refractivity contribution in [1.82, 2.24) is 4.90 Å². The van der Waals surface area contributed by atoms with Gasteiger partial charge in [0.15, 0.2) is 0 Å². The van der Waals surface area contributed by atoms with Gasteiger partial charge in [0.2, 0.25) is 5.91 Å². The van der Waals surface area contributed by atoms with E-state index in [0.29, 0.717) is 18.1 Å². The van der Waals surface area contributed by atoms with Crippen LogP contribution in [0.15, 0.2) is 84.9 Å². The molecular formula is C25H25ClN2O. The summed E-state index contributed by atoms with van der Waals surface area (Å²) >= 11 is 6.09. The van der Waals surface area contributed by atoms with E-state index in [4.69, 9.17) is 11.6 Å². The summed E-state index contributed by atoms with van der Waals surface area (Å²) in [5.41, 5.74) is 2.47. The lowest BCUT2D eigenvalue weighted by molar-refractivity contribution is -0.122. The summed E-state index contributed by atoms with van der Waals surface area (Å²) in [5.74, 6) is 0.172. The quantitative estimate of drug-likeness (QED) is 0.599. The van der Waals surface area contributed by atoms with Crippen LogP contribution in [-0.2, 0) is 10.2 Å². The highest BCUT2D eigenvalue weighted by Gasteiger charge is 2.56. The van der Waals surface area contributed by atoms with E-state index in [1.807, 2.05) is 67.5 Å². The third kappa shape index (κ3) is 3.57. The van der Waals surface area contributed by atoms with Crippen LogP contribution in [0.2, 0.25) is 5.02 Å². The minimum atomic E-state index is -0.661. The zero-order valence-corrected chi connectivity index (χ0v) is 17.5. The van der Waals surface area contributed by atoms with Gasteiger partial charge in [-0.2, -0.15) is 0 Å². The van der Waals surface area contributed by atoms with Crippen LogP contribution in [0, 0.1) is 0 Å². The fourth-order valence-electron chi connectivity index (χ4n) is 4.56. The van der Waals surface area contributed by atoms with Crippen molar-refractivity contribution in [3.8, 4) is 0 Å². The molecule has 1 heterocycles. The third-order valence-electron chi connectivity index (χ3n) is 5.78. The molecule has 3 nitrogen and oxygen atoms in total. The molecule has 1 saturated heterocycles. The Morgan fingerprint density at radius 1 is 0.931 bits per heavy atom. The lowest BCUT2D eigenvalue weighted by Gasteiger charge is -2.36. The lowest BCUT2D eigenvalue weighted by Crippen LogP contribution is -2.47. The van der Waals surface area contributed by atoms with Crippen LogP contribution in [0.3, 0.4) is 0 Å². The molecule has 3 aromatic rings. The Balaban J connectivity index is 1.90. The van der Waals surface area contributed by atoms with Crippen molar-refractivity contribution >= 4 is 23.2 Å². The predicted octanol–water partition coefficient (Wildman–Crippen LogP) is 4.97. The maximum atomic E-state index is 14.1. The number of hydrogen-bond acceptors (Lipinski definition) is 2. The number of carbonyl (C=O) groups excluding carboxylic acids is 1. The Bertz CT molecular complexity index is 973. The predicted molar refractivity (Wildman–Crippen MR) is 120 cm³/mol. The van der Waals surface area contributed by atoms with E-state index in [2.05, 4.69) is 41.3 Å². The van der Waals surface area contributed by atoms with Gasteiger partial charge < -0.3 is 9.80 Å². The monoisotopic (exact) mass is 404 g/mol. The SMILES string of the molecule is CN(C)CC1(c2ccccc2)C(=O)N(c2ccc(Cl)cc2)CC1c1ccccc1. The van der Waals surface area contributed by atoms with Crippen molar-refractivity contribution in [2.75, 3.05) is 32.1 Å². The highest BCUT2D eigenvalue weighted by atomic mass is 35.5. The number of halogens is 1. The number of likely N-dealkylation sites (N-methyl/N-ethyl adjacent to an activating group) is 1. The number of anilines is 1. The van der Waals surface area contributed by atoms with E-state index >= 15 is 0 Å². The molecule has 0 saturated carbocycles. The van der Waals surface area contributed by atoms with Gasteiger partial charge in [-0.3, -0.25) is 4.79 Å². The van der Waals surface area contributed by atoms with Crippen LogP contribution in [0.1, 0.15) is 17.0 Å². The topological polar surface area (TPSA) is 23.6 Å². The average molecular weight is 405 g/mol. The molecule has 148 valence electrons. The molecule has 0 bridgehead atoms. The molecule has 0 aliphatic carbocycles. The van der Waals surface area contributed by atoms with Crippen LogP contribution in [-0.4, -0.2) is 38.0 Å². The highest BCUT2D eigenvalue weighted by Crippen LogP contribution is 2.48. The molecule has 3 aromatic carbocycles. The van der Waals surface area contributed by atoms with Crippen LogP contribution < -0.4 is 4.90 Å². The average Bonchev–Trinajstić information content (AvgIpc) is 3.03. The van der Waals surface area contributed by atoms with Gasteiger partial charge in [0, 0.05) is 29.7 Å². The number of rotatable bonds is 5. The highest BCUT2D eigenvalue weighted by molar-refractivity contribution is 6.30. The van der Waals surface area contributed by atoms with Crippen molar-refractivity contribution in [3.05, 3.63) is 101 Å². The molecule has 0 N–H and O–H groups in total. The molecule has 4 rings (SSSR count). The number of hydrogen-bond donors (Lipinski definition) is 0. The molecule has 1 fully saturated rings. The number of nitrogens with zero attached hydrogens (tertiary/aromatic N) is 2. The van der Waals surface area contributed by atoms with Gasteiger partial charge in [0.25, 0.3) is 0 Å². The fourth-order valence-corrected chi connectivity index (χ4v) is 4.68. The van der Waals surface area contributed by atoms with Gasteiger partial charge in [0.05, 0.1) is 5.41 Å². The lowest BCUT2D eigenvalue weighted by atomic mass is 9.69. The first kappa shape index (κ1) is 19.7. The van der Waals surface area contributed by atoms with E-state index in [1.54, 1.807) is 0 Å². The van der Waals surface area contributed by atoms with Crippen molar-refractivity contribution in [3.63, 3.8) is 0 Å². The Kier molecular flexibility index (Phi) is 5.44. The summed E-state index contributed by atoms with van der Waals surface area (Å²) in [7, 11) is 4.07. The van der Waals surface area contributed by atoms with Gasteiger partial charge >= 0.3 is 0 Å². The Labute approximate surface area is 177 Å². The van der Waals surface area contributed by atoms with Crippen LogP contribution >= 0.6 is 11.6 Å². The minimum absolute atomic E-state index is 0.0386. The van der Waals surface area contributed by atoms with E-state index < -0.39 is 5.41 Å². The van der Waals surface area contributed by atoms with Gasteiger partial charge in [-0.1, -0.05) is 72.3 Å². The fraction of sp³-hybridized carbons (Fsp3) is 0.240. The van der Waals surface area contributed by atoms with Crippen molar-refractivity contribution in [2.24, 2.45) is 0 Å². The first-order valence-corrected chi connectivity index (χ1v) is 10.2. The summed E-state index contributed by atoms with van der Waals surface area (Å²) in [5, 5.41) is 0.669. The summed E-state index contributed by atoms with van der Waals surface area (Å²) in [6.45, 7) is 1.27. The van der Waals surface area contributed by atoms with Gasteiger partial charge in [-0.25, -0.2) is 0 Å². The zero-order valence-electron chi connectivity index (χ0n) is 16.8. The van der Waals surface area contributed by atoms with Gasteiger partial charge in [-0.05, 0) is 49.5 Å². The third-order valence-corrected chi connectivity index (χ3v) is 6.03. The standard InChI is InChI=1S/C25H25ClN2O/c1-27(2)18-25(20-11-7-4-8-12-20)23(19-9-5-3-6-10-19)17-28(24(25)29)22-15-13-21(26)14-16-22/h3-16,23H,17-18H2,1-2H3. The Morgan fingerprint density at radius 3 is 2.10 bits per heavy atom. The second kappa shape index (κ2) is 8.02. The normalized spacial score (nSPS) is 21.7. The second-order valence-corrected chi connectivity index (χ2v) is 8.37. The largest absolute Gasteiger partial charge is 0.311 e. The smallest absolute Gasteiger partial charge is 0.239 e. The first-order valence-electron chi connectivity index (χ1n) is 9.85. The van der Waals surface area contributed by atoms with E-state index in [1.165, 1.54) is 5.56 Å². The molecule has 4 heteroatoms. The van der Waals surface area contributed by atoms with Crippen molar-refractivity contribution < 1.29 is 4.79 Å². The van der Waals surface area contributed by atoms with Crippen molar-refractivity contribution in [2.45, 2.75) is 11.3 Å². The van der Waals surface area contributed by atoms with Crippen LogP contribution in [0.25, 0.3) is 0 Å². The Hall–Kier alpha value is -2.62. The maximum Gasteiger partial charge on any atom is 0.239 e. The molecule has 2 unspecified atom stereocenters. The molecule has 0 radical (unpaired) electrons. The summed E-state index contributed by atoms with van der Waals surface area (Å²) < 4.78 is 0. The minimum Gasteiger partial charge on any atom is -0.311 e. The molecule has 29 heavy (non-hydrogen) atoms. The molecule has 1 amide bonds. The number of carbonyl (C=O) groups is 1. The Morgan fingerprint density at radius 2 is 1.52 bits per heavy atom. The summed E-state index contributed by atoms with van der Waals surface area (Å²) in [4.78, 5) is 18.1. The van der Waals surface area contributed by atoms with Crippen LogP contribution in [0.5, 0.6) is 0 Å². The zero-order chi connectivity index (χ0) is 20.4. The molecule has 1 aliphatic rings. The molecule has 0 spiro atoms. The van der Waals surface area contributed by atoms with Crippen LogP contribution in [0.4, 0.5) is 5.69 Å². The number of benzene rings is 3. The molecule has 2 atom stereocenters. The number of amides is 1. The second-order valence-electron chi connectivity index (χ2n) is 7.93. The molecule has 1 aliphatic heterocycles. The first-order chi connectivity index (χ1) is 14.0. The summed E-state index contributed by atoms with van der Waals surface area (Å²) in [6.07, 6.45) is 0.